The number of nitrogens with zero attached hydrogens (tertiary/aromatic N) is 1. The van der Waals surface area contributed by atoms with Crippen LogP contribution in [-0.2, 0) is 18.6 Å². The van der Waals surface area contributed by atoms with Gasteiger partial charge in [-0.25, -0.2) is 4.98 Å². The van der Waals surface area contributed by atoms with Gasteiger partial charge in [-0.1, -0.05) is 48.0 Å². The average Bonchev–Trinajstić information content (AvgIpc) is 2.93. The van der Waals surface area contributed by atoms with Crippen LogP contribution < -0.4 is 5.56 Å². The SMILES string of the molecule is C[C@H]1CCc2c(sc3nc(SCc4ccc(Cl)c(Cl)c4)[nH]c(=O)c23)C1. The van der Waals surface area contributed by atoms with Gasteiger partial charge in [0.2, 0.25) is 0 Å². The van der Waals surface area contributed by atoms with E-state index in [2.05, 4.69) is 16.9 Å². The fourth-order valence-corrected chi connectivity index (χ4v) is 5.74. The Bertz CT molecular complexity index is 1010. The molecule has 3 nitrogen and oxygen atoms in total. The first kappa shape index (κ1) is 17.4. The third-order valence-corrected chi connectivity index (χ3v) is 7.33. The van der Waals surface area contributed by atoms with Crippen molar-refractivity contribution >= 4 is 56.5 Å². The summed E-state index contributed by atoms with van der Waals surface area (Å²) in [5.41, 5.74) is 2.24. The van der Waals surface area contributed by atoms with Gasteiger partial charge in [-0.05, 0) is 48.4 Å². The van der Waals surface area contributed by atoms with E-state index in [1.807, 2.05) is 12.1 Å². The lowest BCUT2D eigenvalue weighted by atomic mass is 9.89. The summed E-state index contributed by atoms with van der Waals surface area (Å²) >= 11 is 15.2. The normalized spacial score (nSPS) is 17.0. The minimum absolute atomic E-state index is 0.0197. The molecule has 1 aliphatic carbocycles. The summed E-state index contributed by atoms with van der Waals surface area (Å²) in [5, 5.41) is 2.53. The number of thiophene rings is 1. The van der Waals surface area contributed by atoms with Crippen LogP contribution in [0, 0.1) is 5.92 Å². The molecule has 1 aromatic carbocycles. The van der Waals surface area contributed by atoms with Crippen LogP contribution >= 0.6 is 46.3 Å². The molecule has 0 radical (unpaired) electrons. The van der Waals surface area contributed by atoms with Crippen LogP contribution in [0.2, 0.25) is 10.0 Å². The molecule has 0 spiro atoms. The maximum atomic E-state index is 12.6. The smallest absolute Gasteiger partial charge is 0.260 e. The summed E-state index contributed by atoms with van der Waals surface area (Å²) in [6, 6.07) is 5.56. The van der Waals surface area contributed by atoms with Gasteiger partial charge in [-0.15, -0.1) is 11.3 Å². The zero-order chi connectivity index (χ0) is 17.6. The molecule has 7 heteroatoms. The van der Waals surface area contributed by atoms with Crippen molar-refractivity contribution in [1.29, 1.82) is 0 Å². The maximum absolute atomic E-state index is 12.6. The Morgan fingerprint density at radius 3 is 3.00 bits per heavy atom. The highest BCUT2D eigenvalue weighted by Crippen LogP contribution is 2.36. The Morgan fingerprint density at radius 1 is 1.36 bits per heavy atom. The van der Waals surface area contributed by atoms with Crippen molar-refractivity contribution in [2.24, 2.45) is 5.92 Å². The molecule has 0 fully saturated rings. The summed E-state index contributed by atoms with van der Waals surface area (Å²) in [6.45, 7) is 2.27. The molecule has 1 atom stereocenters. The standard InChI is InChI=1S/C18H16Cl2N2OS2/c1-9-2-4-11-14(6-9)25-17-15(11)16(23)21-18(22-17)24-8-10-3-5-12(19)13(20)7-10/h3,5,7,9H,2,4,6,8H2,1H3,(H,21,22,23)/t9-/m0/s1. The molecule has 2 heterocycles. The summed E-state index contributed by atoms with van der Waals surface area (Å²) in [7, 11) is 0. The fraction of sp³-hybridized carbons (Fsp3) is 0.333. The Kier molecular flexibility index (Phi) is 4.84. The molecule has 1 N–H and O–H groups in total. The van der Waals surface area contributed by atoms with Crippen molar-refractivity contribution < 1.29 is 0 Å². The first-order chi connectivity index (χ1) is 12.0. The highest BCUT2D eigenvalue weighted by atomic mass is 35.5. The molecular formula is C18H16Cl2N2OS2. The molecule has 0 unspecified atom stereocenters. The number of halogens is 2. The molecule has 0 amide bonds. The van der Waals surface area contributed by atoms with E-state index in [0.717, 1.165) is 35.0 Å². The third-order valence-electron chi connectivity index (χ3n) is 4.50. The van der Waals surface area contributed by atoms with E-state index in [1.165, 1.54) is 22.2 Å². The van der Waals surface area contributed by atoms with Crippen molar-refractivity contribution in [3.63, 3.8) is 0 Å². The Hall–Kier alpha value is -1.01. The number of benzene rings is 1. The minimum atomic E-state index is -0.0197. The van der Waals surface area contributed by atoms with Gasteiger partial charge in [0.1, 0.15) is 4.83 Å². The number of aromatic amines is 1. The number of rotatable bonds is 3. The molecule has 25 heavy (non-hydrogen) atoms. The van der Waals surface area contributed by atoms with Gasteiger partial charge in [-0.3, -0.25) is 4.79 Å². The van der Waals surface area contributed by atoms with Gasteiger partial charge in [-0.2, -0.15) is 0 Å². The number of hydrogen-bond acceptors (Lipinski definition) is 4. The lowest BCUT2D eigenvalue weighted by molar-refractivity contribution is 0.509. The van der Waals surface area contributed by atoms with E-state index in [1.54, 1.807) is 17.4 Å². The lowest BCUT2D eigenvalue weighted by Gasteiger charge is -2.17. The first-order valence-corrected chi connectivity index (χ1v) is 10.7. The van der Waals surface area contributed by atoms with E-state index < -0.39 is 0 Å². The molecule has 0 saturated heterocycles. The topological polar surface area (TPSA) is 45.8 Å². The van der Waals surface area contributed by atoms with Crippen LogP contribution in [0.1, 0.15) is 29.3 Å². The van der Waals surface area contributed by atoms with Gasteiger partial charge >= 0.3 is 0 Å². The number of aromatic nitrogens is 2. The lowest BCUT2D eigenvalue weighted by Crippen LogP contribution is -2.13. The average molecular weight is 411 g/mol. The zero-order valence-corrected chi connectivity index (χ0v) is 16.7. The van der Waals surface area contributed by atoms with Crippen LogP contribution in [0.15, 0.2) is 28.2 Å². The number of aryl methyl sites for hydroxylation is 1. The van der Waals surface area contributed by atoms with Gasteiger partial charge in [0.15, 0.2) is 5.16 Å². The summed E-state index contributed by atoms with van der Waals surface area (Å²) in [4.78, 5) is 22.4. The third kappa shape index (κ3) is 3.47. The van der Waals surface area contributed by atoms with E-state index in [0.29, 0.717) is 26.9 Å². The monoisotopic (exact) mass is 410 g/mol. The van der Waals surface area contributed by atoms with Crippen molar-refractivity contribution in [3.8, 4) is 0 Å². The summed E-state index contributed by atoms with van der Waals surface area (Å²) < 4.78 is 0. The predicted molar refractivity (Wildman–Crippen MR) is 107 cm³/mol. The second-order valence-electron chi connectivity index (χ2n) is 6.44. The van der Waals surface area contributed by atoms with Crippen LogP contribution in [0.5, 0.6) is 0 Å². The van der Waals surface area contributed by atoms with Gasteiger partial charge < -0.3 is 4.98 Å². The van der Waals surface area contributed by atoms with Crippen LogP contribution in [0.4, 0.5) is 0 Å². The second-order valence-corrected chi connectivity index (χ2v) is 9.30. The predicted octanol–water partition coefficient (Wildman–Crippen LogP) is 5.71. The van der Waals surface area contributed by atoms with Crippen molar-refractivity contribution in [2.45, 2.75) is 37.1 Å². The molecule has 0 saturated carbocycles. The van der Waals surface area contributed by atoms with Gasteiger partial charge in [0.25, 0.3) is 5.56 Å². The number of H-pyrrole nitrogens is 1. The number of hydrogen-bond donors (Lipinski definition) is 1. The van der Waals surface area contributed by atoms with Crippen molar-refractivity contribution in [1.82, 2.24) is 9.97 Å². The Balaban J connectivity index is 1.62. The molecule has 4 rings (SSSR count). The second kappa shape index (κ2) is 6.95. The van der Waals surface area contributed by atoms with Crippen LogP contribution in [0.3, 0.4) is 0 Å². The number of thioether (sulfide) groups is 1. The molecule has 0 bridgehead atoms. The van der Waals surface area contributed by atoms with Crippen molar-refractivity contribution in [2.75, 3.05) is 0 Å². The Labute approximate surface area is 163 Å². The van der Waals surface area contributed by atoms with Gasteiger partial charge in [0.05, 0.1) is 15.4 Å². The molecule has 130 valence electrons. The highest BCUT2D eigenvalue weighted by molar-refractivity contribution is 7.98. The molecule has 2 aromatic heterocycles. The largest absolute Gasteiger partial charge is 0.301 e. The van der Waals surface area contributed by atoms with E-state index in [9.17, 15) is 4.79 Å². The summed E-state index contributed by atoms with van der Waals surface area (Å²) in [5.74, 6) is 1.36. The fourth-order valence-electron chi connectivity index (χ4n) is 3.18. The quantitative estimate of drug-likeness (QED) is 0.444. The first-order valence-electron chi connectivity index (χ1n) is 8.12. The Morgan fingerprint density at radius 2 is 2.20 bits per heavy atom. The van der Waals surface area contributed by atoms with Gasteiger partial charge in [0, 0.05) is 10.6 Å². The van der Waals surface area contributed by atoms with E-state index >= 15 is 0 Å². The van der Waals surface area contributed by atoms with Crippen LogP contribution in [0.25, 0.3) is 10.2 Å². The molecule has 1 aliphatic rings. The molecular weight excluding hydrogens is 395 g/mol. The highest BCUT2D eigenvalue weighted by Gasteiger charge is 2.23. The van der Waals surface area contributed by atoms with E-state index in [-0.39, 0.29) is 5.56 Å². The number of nitrogens with one attached hydrogen (secondary N) is 1. The molecule has 3 aromatic rings. The summed E-state index contributed by atoms with van der Waals surface area (Å²) in [6.07, 6.45) is 3.19. The minimum Gasteiger partial charge on any atom is -0.301 e. The molecule has 0 aliphatic heterocycles. The van der Waals surface area contributed by atoms with Crippen LogP contribution in [-0.4, -0.2) is 9.97 Å². The zero-order valence-electron chi connectivity index (χ0n) is 13.6. The van der Waals surface area contributed by atoms with E-state index in [4.69, 9.17) is 23.2 Å². The number of fused-ring (bicyclic) bond motifs is 3. The maximum Gasteiger partial charge on any atom is 0.260 e. The van der Waals surface area contributed by atoms with Crippen molar-refractivity contribution in [3.05, 3.63) is 54.6 Å².